The van der Waals surface area contributed by atoms with E-state index in [1.165, 1.54) is 41.3 Å². The molecule has 0 aliphatic rings. The topological polar surface area (TPSA) is 96.0 Å². The number of halogens is 1. The first-order valence-electron chi connectivity index (χ1n) is 14.2. The van der Waals surface area contributed by atoms with Crippen molar-refractivity contribution in [3.05, 3.63) is 89.7 Å². The fraction of sp³-hybridized carbons (Fsp3) is 0.375. The minimum absolute atomic E-state index is 0.0603. The molecule has 8 nitrogen and oxygen atoms in total. The summed E-state index contributed by atoms with van der Waals surface area (Å²) in [6.45, 7) is 9.33. The molecule has 2 amide bonds. The van der Waals surface area contributed by atoms with Crippen LogP contribution in [0.3, 0.4) is 0 Å². The fourth-order valence-electron chi connectivity index (χ4n) is 4.51. The van der Waals surface area contributed by atoms with Crippen molar-refractivity contribution in [1.82, 2.24) is 10.2 Å². The molecular formula is C32H40FN3O5S. The second-order valence-corrected chi connectivity index (χ2v) is 12.0. The summed E-state index contributed by atoms with van der Waals surface area (Å²) in [5.74, 6) is -0.919. The lowest BCUT2D eigenvalue weighted by molar-refractivity contribution is -0.140. The maximum absolute atomic E-state index is 14.1. The Hall–Kier alpha value is -3.92. The zero-order valence-electron chi connectivity index (χ0n) is 24.8. The van der Waals surface area contributed by atoms with Gasteiger partial charge in [0.25, 0.3) is 10.0 Å². The van der Waals surface area contributed by atoms with E-state index in [1.807, 2.05) is 58.9 Å². The molecule has 0 radical (unpaired) electrons. The van der Waals surface area contributed by atoms with Crippen molar-refractivity contribution in [2.75, 3.05) is 17.5 Å². The van der Waals surface area contributed by atoms with E-state index in [2.05, 4.69) is 5.32 Å². The second kappa shape index (κ2) is 14.8. The number of anilines is 1. The number of benzene rings is 3. The molecule has 0 unspecified atom stereocenters. The molecular weight excluding hydrogens is 557 g/mol. The molecule has 226 valence electrons. The van der Waals surface area contributed by atoms with Gasteiger partial charge in [-0.05, 0) is 87.7 Å². The van der Waals surface area contributed by atoms with Crippen molar-refractivity contribution >= 4 is 27.5 Å². The van der Waals surface area contributed by atoms with Gasteiger partial charge in [0, 0.05) is 12.6 Å². The summed E-state index contributed by atoms with van der Waals surface area (Å²) >= 11 is 0. The van der Waals surface area contributed by atoms with Crippen molar-refractivity contribution in [2.24, 2.45) is 0 Å². The zero-order valence-corrected chi connectivity index (χ0v) is 25.7. The zero-order chi connectivity index (χ0) is 30.9. The maximum Gasteiger partial charge on any atom is 0.264 e. The number of sulfonamides is 1. The predicted octanol–water partition coefficient (Wildman–Crippen LogP) is 5.45. The number of hydrogen-bond donors (Lipinski definition) is 1. The van der Waals surface area contributed by atoms with Gasteiger partial charge in [-0.1, -0.05) is 43.7 Å². The number of amides is 2. The Morgan fingerprint density at radius 2 is 1.62 bits per heavy atom. The van der Waals surface area contributed by atoms with Crippen LogP contribution >= 0.6 is 0 Å². The Bertz CT molecular complexity index is 1450. The van der Waals surface area contributed by atoms with Crippen molar-refractivity contribution in [3.8, 4) is 5.75 Å². The molecule has 3 aromatic rings. The molecule has 3 rings (SSSR count). The lowest BCUT2D eigenvalue weighted by atomic mass is 10.1. The monoisotopic (exact) mass is 597 g/mol. The molecule has 0 spiro atoms. The quantitative estimate of drug-likeness (QED) is 0.267. The number of carbonyl (C=O) groups is 2. The number of rotatable bonds is 14. The Morgan fingerprint density at radius 1 is 0.952 bits per heavy atom. The van der Waals surface area contributed by atoms with Gasteiger partial charge in [0.05, 0.1) is 17.2 Å². The third-order valence-corrected chi connectivity index (χ3v) is 8.73. The molecule has 1 N–H and O–H groups in total. The molecule has 0 fully saturated rings. The summed E-state index contributed by atoms with van der Waals surface area (Å²) in [4.78, 5) is 28.8. The predicted molar refractivity (Wildman–Crippen MR) is 162 cm³/mol. The third-order valence-electron chi connectivity index (χ3n) is 6.94. The van der Waals surface area contributed by atoms with Gasteiger partial charge in [-0.3, -0.25) is 13.9 Å². The summed E-state index contributed by atoms with van der Waals surface area (Å²) < 4.78 is 48.1. The molecule has 2 atom stereocenters. The van der Waals surface area contributed by atoms with Crippen molar-refractivity contribution in [3.63, 3.8) is 0 Å². The van der Waals surface area contributed by atoms with Gasteiger partial charge >= 0.3 is 0 Å². The largest absolute Gasteiger partial charge is 0.494 e. The van der Waals surface area contributed by atoms with Crippen LogP contribution in [0.25, 0.3) is 0 Å². The van der Waals surface area contributed by atoms with Crippen LogP contribution in [-0.2, 0) is 26.2 Å². The number of ether oxygens (including phenoxy) is 1. The van der Waals surface area contributed by atoms with E-state index in [9.17, 15) is 22.4 Å². The highest BCUT2D eigenvalue weighted by Crippen LogP contribution is 2.26. The van der Waals surface area contributed by atoms with E-state index in [0.717, 1.165) is 27.6 Å². The third kappa shape index (κ3) is 8.31. The van der Waals surface area contributed by atoms with Gasteiger partial charge in [0.15, 0.2) is 0 Å². The van der Waals surface area contributed by atoms with Crippen LogP contribution in [-0.4, -0.2) is 50.4 Å². The van der Waals surface area contributed by atoms with Crippen LogP contribution in [0.1, 0.15) is 51.7 Å². The Labute approximate surface area is 248 Å². The summed E-state index contributed by atoms with van der Waals surface area (Å²) in [5.41, 5.74) is 1.91. The lowest BCUT2D eigenvalue weighted by Gasteiger charge is -2.33. The average molecular weight is 598 g/mol. The summed E-state index contributed by atoms with van der Waals surface area (Å²) in [7, 11) is -4.28. The van der Waals surface area contributed by atoms with Gasteiger partial charge in [-0.2, -0.15) is 0 Å². The number of hydrogen-bond acceptors (Lipinski definition) is 5. The fourth-order valence-corrected chi connectivity index (χ4v) is 5.92. The number of aryl methyl sites for hydroxylation is 1. The maximum atomic E-state index is 14.1. The Kier molecular flexibility index (Phi) is 11.5. The summed E-state index contributed by atoms with van der Waals surface area (Å²) in [6.07, 6.45) is 1.04. The van der Waals surface area contributed by atoms with Gasteiger partial charge in [-0.15, -0.1) is 0 Å². The van der Waals surface area contributed by atoms with E-state index in [0.29, 0.717) is 25.2 Å². The van der Waals surface area contributed by atoms with Crippen LogP contribution in [0.5, 0.6) is 5.75 Å². The molecule has 0 aliphatic heterocycles. The normalized spacial score (nSPS) is 12.7. The number of nitrogens with one attached hydrogen (secondary N) is 1. The van der Waals surface area contributed by atoms with Crippen LogP contribution in [0.4, 0.5) is 10.1 Å². The Balaban J connectivity index is 2.05. The highest BCUT2D eigenvalue weighted by molar-refractivity contribution is 7.92. The highest BCUT2D eigenvalue weighted by Gasteiger charge is 2.34. The molecule has 0 bridgehead atoms. The van der Waals surface area contributed by atoms with Gasteiger partial charge in [0.2, 0.25) is 11.8 Å². The average Bonchev–Trinajstić information content (AvgIpc) is 2.96. The molecule has 42 heavy (non-hydrogen) atoms. The van der Waals surface area contributed by atoms with Gasteiger partial charge in [-0.25, -0.2) is 12.8 Å². The first-order chi connectivity index (χ1) is 20.0. The first kappa shape index (κ1) is 32.6. The molecule has 10 heteroatoms. The molecule has 0 aromatic heterocycles. The van der Waals surface area contributed by atoms with Gasteiger partial charge < -0.3 is 15.0 Å². The second-order valence-electron chi connectivity index (χ2n) is 10.1. The number of nitrogens with zero attached hydrogens (tertiary/aromatic N) is 2. The first-order valence-corrected chi connectivity index (χ1v) is 15.6. The van der Waals surface area contributed by atoms with E-state index < -0.39 is 34.3 Å². The Morgan fingerprint density at radius 3 is 2.19 bits per heavy atom. The summed E-state index contributed by atoms with van der Waals surface area (Å²) in [5, 5.41) is 2.96. The lowest BCUT2D eigenvalue weighted by Crippen LogP contribution is -2.53. The van der Waals surface area contributed by atoms with Crippen molar-refractivity contribution in [2.45, 2.75) is 71.0 Å². The van der Waals surface area contributed by atoms with Gasteiger partial charge in [0.1, 0.15) is 24.2 Å². The SMILES string of the molecule is CCOc1ccc(S(=O)(=O)N(CC(=O)N(Cc2cccc(C)c2)[C@@H](CC)C(=O)N[C@H](C)CC)c2ccc(F)cc2)cc1. The number of carbonyl (C=O) groups excluding carboxylic acids is 2. The van der Waals surface area contributed by atoms with Crippen molar-refractivity contribution in [1.29, 1.82) is 0 Å². The van der Waals surface area contributed by atoms with Crippen LogP contribution < -0.4 is 14.4 Å². The summed E-state index contributed by atoms with van der Waals surface area (Å²) in [6, 6.07) is 17.4. The van der Waals surface area contributed by atoms with E-state index >= 15 is 0 Å². The minimum Gasteiger partial charge on any atom is -0.494 e. The standard InChI is InChI=1S/C32H40FN3O5S/c1-6-24(5)34-32(38)30(7-2)35(21-25-11-9-10-23(4)20-25)31(37)22-36(27-14-12-26(33)13-15-27)42(39,40)29-18-16-28(17-19-29)41-8-3/h9-20,24,30H,6-8,21-22H2,1-5H3,(H,34,38)/t24-,30+/m1/s1. The van der Waals surface area contributed by atoms with Crippen LogP contribution in [0, 0.1) is 12.7 Å². The molecule has 0 saturated heterocycles. The smallest absolute Gasteiger partial charge is 0.264 e. The van der Waals surface area contributed by atoms with Crippen LogP contribution in [0.15, 0.2) is 77.7 Å². The molecule has 0 aliphatic carbocycles. The molecule has 0 heterocycles. The van der Waals surface area contributed by atoms with E-state index in [4.69, 9.17) is 4.74 Å². The van der Waals surface area contributed by atoms with Crippen LogP contribution in [0.2, 0.25) is 0 Å². The van der Waals surface area contributed by atoms with Crippen molar-refractivity contribution < 1.29 is 27.1 Å². The molecule has 0 saturated carbocycles. The van der Waals surface area contributed by atoms with E-state index in [1.54, 1.807) is 0 Å². The highest BCUT2D eigenvalue weighted by atomic mass is 32.2. The molecule has 3 aromatic carbocycles. The minimum atomic E-state index is -4.28. The van der Waals surface area contributed by atoms with E-state index in [-0.39, 0.29) is 29.1 Å².